The van der Waals surface area contributed by atoms with Crippen LogP contribution in [-0.2, 0) is 16.1 Å². The summed E-state index contributed by atoms with van der Waals surface area (Å²) in [4.78, 5) is 20.0. The molecular formula is C23H21FN2O4. The van der Waals surface area contributed by atoms with E-state index in [4.69, 9.17) is 14.6 Å². The largest absolute Gasteiger partial charge is 0.491 e. The molecule has 1 aromatic heterocycles. The van der Waals surface area contributed by atoms with Crippen LogP contribution < -0.4 is 4.74 Å². The zero-order chi connectivity index (χ0) is 21.5. The summed E-state index contributed by atoms with van der Waals surface area (Å²) >= 11 is 0. The number of halogens is 1. The number of rotatable bonds is 8. The molecule has 0 aliphatic heterocycles. The van der Waals surface area contributed by atoms with E-state index in [9.17, 15) is 9.18 Å². The third-order valence-corrected chi connectivity index (χ3v) is 4.22. The van der Waals surface area contributed by atoms with Crippen molar-refractivity contribution in [2.24, 2.45) is 0 Å². The van der Waals surface area contributed by atoms with Crippen LogP contribution in [-0.4, -0.2) is 34.3 Å². The molecular weight excluding hydrogens is 387 g/mol. The molecule has 0 saturated heterocycles. The molecule has 0 bridgehead atoms. The van der Waals surface area contributed by atoms with E-state index in [0.717, 1.165) is 0 Å². The fourth-order valence-corrected chi connectivity index (χ4v) is 2.76. The molecule has 0 aliphatic rings. The fraction of sp³-hybridized carbons (Fsp3) is 0.174. The SMILES string of the molecule is C=C(C)C(=O)OCc1cc(-c2ccc(-c3ncccn3)cc2F)ccc1OCCO. The monoisotopic (exact) mass is 408 g/mol. The lowest BCUT2D eigenvalue weighted by Gasteiger charge is -2.14. The minimum atomic E-state index is -0.535. The van der Waals surface area contributed by atoms with Crippen LogP contribution in [0, 0.1) is 5.82 Å². The number of aromatic nitrogens is 2. The van der Waals surface area contributed by atoms with E-state index in [0.29, 0.717) is 33.8 Å². The molecule has 7 heteroatoms. The molecule has 1 N–H and O–H groups in total. The first-order chi connectivity index (χ1) is 14.5. The quantitative estimate of drug-likeness (QED) is 0.449. The van der Waals surface area contributed by atoms with Gasteiger partial charge in [0.2, 0.25) is 0 Å². The molecule has 3 aromatic rings. The minimum Gasteiger partial charge on any atom is -0.491 e. The van der Waals surface area contributed by atoms with Crippen molar-refractivity contribution in [3.8, 4) is 28.3 Å². The van der Waals surface area contributed by atoms with Gasteiger partial charge in [0.1, 0.15) is 24.8 Å². The molecule has 2 aromatic carbocycles. The molecule has 1 heterocycles. The second kappa shape index (κ2) is 9.76. The molecule has 3 rings (SSSR count). The van der Waals surface area contributed by atoms with Crippen LogP contribution >= 0.6 is 0 Å². The Hall–Kier alpha value is -3.58. The van der Waals surface area contributed by atoms with Gasteiger partial charge in [0, 0.05) is 34.7 Å². The van der Waals surface area contributed by atoms with E-state index in [1.807, 2.05) is 0 Å². The van der Waals surface area contributed by atoms with Crippen LogP contribution in [0.2, 0.25) is 0 Å². The zero-order valence-corrected chi connectivity index (χ0v) is 16.5. The Morgan fingerprint density at radius 3 is 2.53 bits per heavy atom. The van der Waals surface area contributed by atoms with Crippen molar-refractivity contribution in [3.63, 3.8) is 0 Å². The van der Waals surface area contributed by atoms with Crippen molar-refractivity contribution < 1.29 is 23.8 Å². The first-order valence-corrected chi connectivity index (χ1v) is 9.26. The van der Waals surface area contributed by atoms with Crippen LogP contribution in [0.15, 0.2) is 67.0 Å². The van der Waals surface area contributed by atoms with Crippen molar-refractivity contribution in [2.75, 3.05) is 13.2 Å². The number of carbonyl (C=O) groups is 1. The molecule has 0 spiro atoms. The van der Waals surface area contributed by atoms with E-state index in [2.05, 4.69) is 16.5 Å². The highest BCUT2D eigenvalue weighted by Gasteiger charge is 2.14. The van der Waals surface area contributed by atoms with Gasteiger partial charge in [-0.1, -0.05) is 24.8 Å². The van der Waals surface area contributed by atoms with Crippen molar-refractivity contribution in [1.82, 2.24) is 9.97 Å². The van der Waals surface area contributed by atoms with Crippen LogP contribution in [0.5, 0.6) is 5.75 Å². The summed E-state index contributed by atoms with van der Waals surface area (Å²) in [5.41, 5.74) is 2.34. The third kappa shape index (κ3) is 5.07. The van der Waals surface area contributed by atoms with Gasteiger partial charge < -0.3 is 14.6 Å². The summed E-state index contributed by atoms with van der Waals surface area (Å²) in [5.74, 6) is -0.0964. The number of carbonyl (C=O) groups excluding carboxylic acids is 1. The first kappa shape index (κ1) is 21.1. The van der Waals surface area contributed by atoms with Gasteiger partial charge >= 0.3 is 5.97 Å². The molecule has 0 amide bonds. The highest BCUT2D eigenvalue weighted by molar-refractivity contribution is 5.87. The van der Waals surface area contributed by atoms with Crippen LogP contribution in [0.4, 0.5) is 4.39 Å². The average Bonchev–Trinajstić information content (AvgIpc) is 2.76. The van der Waals surface area contributed by atoms with E-state index < -0.39 is 11.8 Å². The predicted molar refractivity (Wildman–Crippen MR) is 110 cm³/mol. The lowest BCUT2D eigenvalue weighted by molar-refractivity contribution is -0.140. The predicted octanol–water partition coefficient (Wildman–Crippen LogP) is 3.94. The van der Waals surface area contributed by atoms with Gasteiger partial charge in [-0.05, 0) is 36.8 Å². The molecule has 0 radical (unpaired) electrons. The second-order valence-electron chi connectivity index (χ2n) is 6.52. The summed E-state index contributed by atoms with van der Waals surface area (Å²) in [5, 5.41) is 9.02. The maximum Gasteiger partial charge on any atom is 0.333 e. The summed E-state index contributed by atoms with van der Waals surface area (Å²) in [6.07, 6.45) is 3.19. The summed E-state index contributed by atoms with van der Waals surface area (Å²) in [6, 6.07) is 11.5. The number of esters is 1. The van der Waals surface area contributed by atoms with E-state index >= 15 is 0 Å². The van der Waals surface area contributed by atoms with Gasteiger partial charge in [-0.25, -0.2) is 19.2 Å². The Morgan fingerprint density at radius 1 is 1.13 bits per heavy atom. The van der Waals surface area contributed by atoms with Crippen molar-refractivity contribution in [1.29, 1.82) is 0 Å². The van der Waals surface area contributed by atoms with Crippen molar-refractivity contribution in [2.45, 2.75) is 13.5 Å². The van der Waals surface area contributed by atoms with Gasteiger partial charge in [-0.2, -0.15) is 0 Å². The van der Waals surface area contributed by atoms with Crippen LogP contribution in [0.3, 0.4) is 0 Å². The fourth-order valence-electron chi connectivity index (χ4n) is 2.76. The molecule has 0 unspecified atom stereocenters. The molecule has 6 nitrogen and oxygen atoms in total. The Labute approximate surface area is 173 Å². The standard InChI is InChI=1S/C23H21FN2O4/c1-15(2)23(28)30-14-18-12-16(5-7-21(18)29-11-10-27)19-6-4-17(13-20(19)24)22-25-8-3-9-26-22/h3-9,12-13,27H,1,10-11,14H2,2H3. The van der Waals surface area contributed by atoms with Gasteiger partial charge in [-0.15, -0.1) is 0 Å². The molecule has 0 atom stereocenters. The van der Waals surface area contributed by atoms with E-state index in [1.165, 1.54) is 6.07 Å². The molecule has 154 valence electrons. The van der Waals surface area contributed by atoms with Gasteiger partial charge in [-0.3, -0.25) is 0 Å². The Balaban J connectivity index is 1.92. The number of ether oxygens (including phenoxy) is 2. The average molecular weight is 408 g/mol. The summed E-state index contributed by atoms with van der Waals surface area (Å²) in [7, 11) is 0. The van der Waals surface area contributed by atoms with E-state index in [-0.39, 0.29) is 25.4 Å². The van der Waals surface area contributed by atoms with E-state index in [1.54, 1.807) is 55.7 Å². The smallest absolute Gasteiger partial charge is 0.333 e. The molecule has 30 heavy (non-hydrogen) atoms. The highest BCUT2D eigenvalue weighted by atomic mass is 19.1. The van der Waals surface area contributed by atoms with Crippen molar-refractivity contribution >= 4 is 5.97 Å². The van der Waals surface area contributed by atoms with Gasteiger partial charge in [0.05, 0.1) is 6.61 Å². The van der Waals surface area contributed by atoms with Crippen LogP contribution in [0.25, 0.3) is 22.5 Å². The molecule has 0 fully saturated rings. The lowest BCUT2D eigenvalue weighted by Crippen LogP contribution is -2.08. The minimum absolute atomic E-state index is 0.0716. The first-order valence-electron chi connectivity index (χ1n) is 9.26. The van der Waals surface area contributed by atoms with Gasteiger partial charge in [0.25, 0.3) is 0 Å². The number of hydrogen-bond acceptors (Lipinski definition) is 6. The second-order valence-corrected chi connectivity index (χ2v) is 6.52. The number of aliphatic hydroxyl groups excluding tert-OH is 1. The normalized spacial score (nSPS) is 10.5. The Bertz CT molecular complexity index is 1050. The molecule has 0 saturated carbocycles. The lowest BCUT2D eigenvalue weighted by atomic mass is 10.0. The maximum absolute atomic E-state index is 14.9. The maximum atomic E-state index is 14.9. The highest BCUT2D eigenvalue weighted by Crippen LogP contribution is 2.31. The number of hydrogen-bond donors (Lipinski definition) is 1. The third-order valence-electron chi connectivity index (χ3n) is 4.22. The number of benzene rings is 2. The Kier molecular flexibility index (Phi) is 6.87. The van der Waals surface area contributed by atoms with Gasteiger partial charge in [0.15, 0.2) is 5.82 Å². The number of aliphatic hydroxyl groups is 1. The zero-order valence-electron chi connectivity index (χ0n) is 16.5. The number of nitrogens with zero attached hydrogens (tertiary/aromatic N) is 2. The van der Waals surface area contributed by atoms with Crippen LogP contribution in [0.1, 0.15) is 12.5 Å². The summed E-state index contributed by atoms with van der Waals surface area (Å²) in [6.45, 7) is 4.95. The Morgan fingerprint density at radius 2 is 1.87 bits per heavy atom. The van der Waals surface area contributed by atoms with Crippen molar-refractivity contribution in [3.05, 3.63) is 78.4 Å². The summed E-state index contributed by atoms with van der Waals surface area (Å²) < 4.78 is 25.6. The molecule has 0 aliphatic carbocycles. The topological polar surface area (TPSA) is 81.5 Å².